The fraction of sp³-hybridized carbons (Fsp3) is 1.00. The third-order valence-corrected chi connectivity index (χ3v) is 8.73. The maximum absolute atomic E-state index is 10.5. The molecule has 134 valence electrons. The second-order valence-electron chi connectivity index (χ2n) is 4.34. The van der Waals surface area contributed by atoms with E-state index in [1.807, 2.05) is 0 Å². The SMILES string of the molecule is N[C@@H](CCS(=O)[O-])CSSCCSSC[C@@H](N)CCS(=O)O.[Na+].[Na+]. The van der Waals surface area contributed by atoms with Gasteiger partial charge in [0.1, 0.15) is 0 Å². The van der Waals surface area contributed by atoms with Crippen LogP contribution in [0, 0.1) is 0 Å². The van der Waals surface area contributed by atoms with Crippen LogP contribution in [0.5, 0.6) is 0 Å². The predicted octanol–water partition coefficient (Wildman–Crippen LogP) is -4.71. The van der Waals surface area contributed by atoms with Crippen LogP contribution in [0.3, 0.4) is 0 Å². The first-order chi connectivity index (χ1) is 10.4. The molecule has 0 aliphatic heterocycles. The molecular formula is C10H23N2Na2O4S6+. The van der Waals surface area contributed by atoms with Crippen LogP contribution >= 0.6 is 43.2 Å². The molecule has 0 aromatic carbocycles. The van der Waals surface area contributed by atoms with Gasteiger partial charge in [-0.15, -0.1) is 0 Å². The van der Waals surface area contributed by atoms with Crippen LogP contribution < -0.4 is 70.6 Å². The van der Waals surface area contributed by atoms with Crippen molar-refractivity contribution in [2.24, 2.45) is 11.5 Å². The molecule has 0 fully saturated rings. The summed E-state index contributed by atoms with van der Waals surface area (Å²) in [5.41, 5.74) is 11.6. The fourth-order valence-corrected chi connectivity index (χ4v) is 7.34. The van der Waals surface area contributed by atoms with E-state index < -0.39 is 22.2 Å². The first-order valence-corrected chi connectivity index (χ1v) is 14.0. The van der Waals surface area contributed by atoms with Crippen LogP contribution in [0.15, 0.2) is 0 Å². The Kier molecular flexibility index (Phi) is 30.6. The van der Waals surface area contributed by atoms with Crippen LogP contribution in [0.1, 0.15) is 12.8 Å². The standard InChI is InChI=1S/C10H24N2O4S6.2Na/c11-9(1-5-21(13)14)7-19-17-3-4-18-20-8-10(12)2-6-22(15)16;;/h9-10H,1-8,11-12H2,(H,13,14)(H,15,16);;/q;2*+1/p-1/t9-,10-;;/m0../s1. The largest absolute Gasteiger partial charge is 1.00 e. The molecule has 0 aromatic rings. The molecule has 0 radical (unpaired) electrons. The number of hydrogen-bond acceptors (Lipinski definition) is 9. The van der Waals surface area contributed by atoms with E-state index in [2.05, 4.69) is 0 Å². The van der Waals surface area contributed by atoms with Crippen molar-refractivity contribution in [1.29, 1.82) is 0 Å². The van der Waals surface area contributed by atoms with Crippen molar-refractivity contribution in [3.05, 3.63) is 0 Å². The summed E-state index contributed by atoms with van der Waals surface area (Å²) >= 11 is -3.75. The third-order valence-electron chi connectivity index (χ3n) is 2.30. The second-order valence-corrected chi connectivity index (χ2v) is 11.7. The summed E-state index contributed by atoms with van der Waals surface area (Å²) in [5, 5.41) is 0. The maximum Gasteiger partial charge on any atom is 1.00 e. The van der Waals surface area contributed by atoms with Crippen molar-refractivity contribution in [3.8, 4) is 0 Å². The van der Waals surface area contributed by atoms with Crippen LogP contribution in [0.4, 0.5) is 0 Å². The van der Waals surface area contributed by atoms with E-state index in [1.54, 1.807) is 43.2 Å². The van der Waals surface area contributed by atoms with Crippen molar-refractivity contribution >= 4 is 65.3 Å². The summed E-state index contributed by atoms with van der Waals surface area (Å²) in [6, 6.07) is -0.118. The van der Waals surface area contributed by atoms with Gasteiger partial charge < -0.3 is 20.6 Å². The second kappa shape index (κ2) is 22.8. The van der Waals surface area contributed by atoms with Crippen molar-refractivity contribution in [2.75, 3.05) is 34.5 Å². The first kappa shape index (κ1) is 32.2. The molecule has 0 aromatic heterocycles. The van der Waals surface area contributed by atoms with Gasteiger partial charge in [0.15, 0.2) is 11.1 Å². The average molecular weight is 474 g/mol. The molecule has 4 atom stereocenters. The maximum atomic E-state index is 10.5. The van der Waals surface area contributed by atoms with E-state index >= 15 is 0 Å². The van der Waals surface area contributed by atoms with E-state index in [0.29, 0.717) is 12.8 Å². The molecule has 0 heterocycles. The van der Waals surface area contributed by atoms with Gasteiger partial charge in [-0.25, -0.2) is 4.21 Å². The molecule has 0 bridgehead atoms. The Morgan fingerprint density at radius 1 is 0.875 bits per heavy atom. The van der Waals surface area contributed by atoms with E-state index in [1.165, 1.54) is 0 Å². The molecule has 0 amide bonds. The van der Waals surface area contributed by atoms with E-state index in [9.17, 15) is 13.0 Å². The summed E-state index contributed by atoms with van der Waals surface area (Å²) in [6.45, 7) is 0. The zero-order chi connectivity index (χ0) is 16.8. The number of nitrogens with two attached hydrogens (primary N) is 2. The molecule has 24 heavy (non-hydrogen) atoms. The summed E-state index contributed by atoms with van der Waals surface area (Å²) in [4.78, 5) is 0. The summed E-state index contributed by atoms with van der Waals surface area (Å²) in [7, 11) is 6.83. The zero-order valence-electron chi connectivity index (χ0n) is 14.1. The smallest absolute Gasteiger partial charge is 0.772 e. The van der Waals surface area contributed by atoms with Gasteiger partial charge in [0.05, 0.1) is 5.75 Å². The third kappa shape index (κ3) is 25.5. The predicted molar refractivity (Wildman–Crippen MR) is 104 cm³/mol. The van der Waals surface area contributed by atoms with E-state index in [-0.39, 0.29) is 82.7 Å². The molecule has 0 saturated heterocycles. The van der Waals surface area contributed by atoms with Gasteiger partial charge in [-0.2, -0.15) is 0 Å². The molecule has 5 N–H and O–H groups in total. The summed E-state index contributed by atoms with van der Waals surface area (Å²) < 4.78 is 39.9. The van der Waals surface area contributed by atoms with Gasteiger partial charge >= 0.3 is 59.1 Å². The molecule has 14 heteroatoms. The molecule has 0 rings (SSSR count). The van der Waals surface area contributed by atoms with Crippen LogP contribution in [0.25, 0.3) is 0 Å². The molecule has 2 unspecified atom stereocenters. The minimum absolute atomic E-state index is 0. The molecular weight excluding hydrogens is 451 g/mol. The zero-order valence-corrected chi connectivity index (χ0v) is 23.0. The van der Waals surface area contributed by atoms with Crippen molar-refractivity contribution in [3.63, 3.8) is 0 Å². The Hall–Kier alpha value is 3.54. The minimum atomic E-state index is -2.00. The number of hydrogen-bond donors (Lipinski definition) is 3. The van der Waals surface area contributed by atoms with Crippen molar-refractivity contribution in [2.45, 2.75) is 24.9 Å². The van der Waals surface area contributed by atoms with Crippen LogP contribution in [-0.4, -0.2) is 64.1 Å². The molecule has 0 aliphatic rings. The summed E-state index contributed by atoms with van der Waals surface area (Å²) in [6.07, 6.45) is 1.07. The van der Waals surface area contributed by atoms with Gasteiger partial charge in [0, 0.05) is 40.8 Å². The van der Waals surface area contributed by atoms with E-state index in [0.717, 1.165) is 23.0 Å². The fourth-order valence-electron chi connectivity index (χ4n) is 1.12. The van der Waals surface area contributed by atoms with Gasteiger partial charge in [0.25, 0.3) is 0 Å². The Morgan fingerprint density at radius 3 is 1.67 bits per heavy atom. The number of rotatable bonds is 15. The van der Waals surface area contributed by atoms with Gasteiger partial charge in [-0.1, -0.05) is 54.3 Å². The average Bonchev–Trinajstić information content (AvgIpc) is 2.45. The first-order valence-electron chi connectivity index (χ1n) is 6.55. The quantitative estimate of drug-likeness (QED) is 0.0923. The molecule has 0 aliphatic carbocycles. The Morgan fingerprint density at radius 2 is 1.29 bits per heavy atom. The Labute approximate surface area is 210 Å². The Balaban J connectivity index is -0.00000220. The van der Waals surface area contributed by atoms with Crippen molar-refractivity contribution < 1.29 is 76.6 Å². The van der Waals surface area contributed by atoms with Crippen LogP contribution in [-0.2, 0) is 22.2 Å². The van der Waals surface area contributed by atoms with Gasteiger partial charge in [0.2, 0.25) is 0 Å². The molecule has 0 spiro atoms. The topological polar surface area (TPSA) is 129 Å². The van der Waals surface area contributed by atoms with Crippen molar-refractivity contribution in [1.82, 2.24) is 0 Å². The normalized spacial score (nSPS) is 15.7. The monoisotopic (exact) mass is 473 g/mol. The molecule has 6 nitrogen and oxygen atoms in total. The minimum Gasteiger partial charge on any atom is -0.772 e. The van der Waals surface area contributed by atoms with E-state index in [4.69, 9.17) is 16.0 Å². The van der Waals surface area contributed by atoms with Crippen LogP contribution in [0.2, 0.25) is 0 Å². The molecule has 0 saturated carbocycles. The summed E-state index contributed by atoms with van der Waals surface area (Å²) in [5.74, 6) is 3.86. The Bertz CT molecular complexity index is 306. The van der Waals surface area contributed by atoms with Gasteiger partial charge in [-0.3, -0.25) is 4.21 Å². The van der Waals surface area contributed by atoms with Gasteiger partial charge in [-0.05, 0) is 12.8 Å².